The maximum Gasteiger partial charge on any atom is 0.129 e. The summed E-state index contributed by atoms with van der Waals surface area (Å²) in [7, 11) is -1.25. The van der Waals surface area contributed by atoms with Gasteiger partial charge in [-0.2, -0.15) is 0 Å². The highest BCUT2D eigenvalue weighted by Gasteiger charge is 2.07. The van der Waals surface area contributed by atoms with Crippen molar-refractivity contribution < 1.29 is 0 Å². The van der Waals surface area contributed by atoms with Gasteiger partial charge >= 0.3 is 0 Å². The van der Waals surface area contributed by atoms with Gasteiger partial charge in [0.1, 0.15) is 8.07 Å². The molecule has 0 fully saturated rings. The van der Waals surface area contributed by atoms with Crippen molar-refractivity contribution in [3.8, 4) is 11.5 Å². The monoisotopic (exact) mass is 231 g/mol. The molecular formula is C14H21NSi. The second-order valence-electron chi connectivity index (χ2n) is 5.09. The predicted molar refractivity (Wildman–Crippen MR) is 74.0 cm³/mol. The molecule has 1 nitrogen and oxygen atoms in total. The van der Waals surface area contributed by atoms with E-state index in [1.165, 1.54) is 5.56 Å². The summed E-state index contributed by atoms with van der Waals surface area (Å²) in [4.78, 5) is 0. The third-order valence-corrected chi connectivity index (χ3v) is 3.08. The van der Waals surface area contributed by atoms with Crippen LogP contribution >= 0.6 is 0 Å². The summed E-state index contributed by atoms with van der Waals surface area (Å²) in [6.45, 7) is 7.54. The summed E-state index contributed by atoms with van der Waals surface area (Å²) < 4.78 is 0. The first-order valence-corrected chi connectivity index (χ1v) is 9.33. The van der Waals surface area contributed by atoms with E-state index in [0.29, 0.717) is 0 Å². The van der Waals surface area contributed by atoms with Gasteiger partial charge in [0.15, 0.2) is 0 Å². The molecule has 0 aliphatic rings. The second kappa shape index (κ2) is 5.88. The molecule has 1 aromatic carbocycles. The van der Waals surface area contributed by atoms with Gasteiger partial charge in [0.05, 0.1) is 0 Å². The average molecular weight is 231 g/mol. The first-order valence-electron chi connectivity index (χ1n) is 5.83. The number of hydrogen-bond acceptors (Lipinski definition) is 1. The largest absolute Gasteiger partial charge is 0.330 e. The van der Waals surface area contributed by atoms with Gasteiger partial charge in [0.2, 0.25) is 0 Å². The molecule has 0 saturated carbocycles. The quantitative estimate of drug-likeness (QED) is 0.628. The Morgan fingerprint density at radius 1 is 1.12 bits per heavy atom. The lowest BCUT2D eigenvalue weighted by Gasteiger charge is -2.03. The molecule has 0 aliphatic heterocycles. The lowest BCUT2D eigenvalue weighted by Crippen LogP contribution is -2.16. The molecule has 0 spiro atoms. The third-order valence-electron chi connectivity index (χ3n) is 2.21. The van der Waals surface area contributed by atoms with Crippen molar-refractivity contribution in [2.75, 3.05) is 6.54 Å². The molecule has 2 N–H and O–H groups in total. The van der Waals surface area contributed by atoms with Crippen LogP contribution in [0.3, 0.4) is 0 Å². The molecule has 0 aliphatic carbocycles. The van der Waals surface area contributed by atoms with E-state index in [2.05, 4.69) is 55.4 Å². The number of hydrogen-bond donors (Lipinski definition) is 1. The van der Waals surface area contributed by atoms with Crippen molar-refractivity contribution in [3.05, 3.63) is 35.4 Å². The van der Waals surface area contributed by atoms with Crippen molar-refractivity contribution in [1.29, 1.82) is 0 Å². The first-order chi connectivity index (χ1) is 7.51. The minimum absolute atomic E-state index is 0.761. The summed E-state index contributed by atoms with van der Waals surface area (Å²) >= 11 is 0. The molecule has 0 radical (unpaired) electrons. The van der Waals surface area contributed by atoms with Gasteiger partial charge in [0.25, 0.3) is 0 Å². The van der Waals surface area contributed by atoms with Crippen LogP contribution in [0.25, 0.3) is 0 Å². The van der Waals surface area contributed by atoms with Crippen LogP contribution in [0.2, 0.25) is 19.6 Å². The highest BCUT2D eigenvalue weighted by atomic mass is 28.3. The van der Waals surface area contributed by atoms with E-state index in [4.69, 9.17) is 5.73 Å². The van der Waals surface area contributed by atoms with E-state index in [1.54, 1.807) is 0 Å². The standard InChI is InChI=1S/C14H21NSi/c1-16(2,3)12-10-14-8-6-13(7-9-14)5-4-11-15/h6-9H,4-5,11,15H2,1-3H3. The minimum Gasteiger partial charge on any atom is -0.330 e. The third kappa shape index (κ3) is 5.15. The zero-order valence-corrected chi connectivity index (χ0v) is 11.5. The van der Waals surface area contributed by atoms with Crippen LogP contribution < -0.4 is 5.73 Å². The molecule has 0 bridgehead atoms. The Bertz CT molecular complexity index is 376. The summed E-state index contributed by atoms with van der Waals surface area (Å²) in [5, 5.41) is 0. The van der Waals surface area contributed by atoms with Crippen LogP contribution in [0, 0.1) is 11.5 Å². The smallest absolute Gasteiger partial charge is 0.129 e. The fraction of sp³-hybridized carbons (Fsp3) is 0.429. The van der Waals surface area contributed by atoms with Gasteiger partial charge in [0, 0.05) is 5.56 Å². The molecule has 1 aromatic rings. The van der Waals surface area contributed by atoms with E-state index < -0.39 is 8.07 Å². The van der Waals surface area contributed by atoms with E-state index in [-0.39, 0.29) is 0 Å². The molecule has 0 saturated heterocycles. The van der Waals surface area contributed by atoms with Gasteiger partial charge in [-0.25, -0.2) is 0 Å². The SMILES string of the molecule is C[Si](C)(C)C#Cc1ccc(CCCN)cc1. The minimum atomic E-state index is -1.25. The van der Waals surface area contributed by atoms with E-state index in [0.717, 1.165) is 24.9 Å². The number of nitrogens with two attached hydrogens (primary N) is 1. The van der Waals surface area contributed by atoms with Crippen molar-refractivity contribution in [1.82, 2.24) is 0 Å². The number of benzene rings is 1. The van der Waals surface area contributed by atoms with Crippen molar-refractivity contribution in [2.24, 2.45) is 5.73 Å². The Balaban J connectivity index is 2.67. The Labute approximate surface area is 100 Å². The topological polar surface area (TPSA) is 26.0 Å². The van der Waals surface area contributed by atoms with Crippen LogP contribution in [0.4, 0.5) is 0 Å². The summed E-state index contributed by atoms with van der Waals surface area (Å²) in [5.41, 5.74) is 11.3. The molecule has 0 amide bonds. The van der Waals surface area contributed by atoms with Crippen LogP contribution in [0.15, 0.2) is 24.3 Å². The molecule has 86 valence electrons. The molecule has 0 aromatic heterocycles. The fourth-order valence-corrected chi connectivity index (χ4v) is 1.84. The molecule has 1 rings (SSSR count). The molecule has 2 heteroatoms. The lowest BCUT2D eigenvalue weighted by molar-refractivity contribution is 0.832. The Morgan fingerprint density at radius 2 is 1.75 bits per heavy atom. The summed E-state index contributed by atoms with van der Waals surface area (Å²) in [6, 6.07) is 8.53. The summed E-state index contributed by atoms with van der Waals surface area (Å²) in [5.74, 6) is 3.25. The van der Waals surface area contributed by atoms with Crippen LogP contribution in [0.1, 0.15) is 17.5 Å². The zero-order valence-electron chi connectivity index (χ0n) is 10.5. The average Bonchev–Trinajstić information content (AvgIpc) is 2.24. The normalized spacial score (nSPS) is 10.8. The summed E-state index contributed by atoms with van der Waals surface area (Å²) in [6.07, 6.45) is 2.12. The maximum absolute atomic E-state index is 5.48. The van der Waals surface area contributed by atoms with Crippen molar-refractivity contribution in [3.63, 3.8) is 0 Å². The van der Waals surface area contributed by atoms with Gasteiger partial charge in [-0.1, -0.05) is 37.7 Å². The van der Waals surface area contributed by atoms with Gasteiger partial charge in [-0.05, 0) is 37.1 Å². The van der Waals surface area contributed by atoms with Gasteiger partial charge < -0.3 is 5.73 Å². The van der Waals surface area contributed by atoms with Crippen LogP contribution in [-0.4, -0.2) is 14.6 Å². The molecule has 0 atom stereocenters. The van der Waals surface area contributed by atoms with Gasteiger partial charge in [-0.15, -0.1) is 5.54 Å². The molecule has 16 heavy (non-hydrogen) atoms. The fourth-order valence-electron chi connectivity index (χ4n) is 1.32. The molecule has 0 heterocycles. The lowest BCUT2D eigenvalue weighted by atomic mass is 10.1. The zero-order chi connectivity index (χ0) is 12.0. The Kier molecular flexibility index (Phi) is 4.79. The predicted octanol–water partition coefficient (Wildman–Crippen LogP) is 2.81. The Hall–Kier alpha value is -1.04. The molecule has 0 unspecified atom stereocenters. The van der Waals surface area contributed by atoms with E-state index in [9.17, 15) is 0 Å². The number of rotatable bonds is 3. The maximum atomic E-state index is 5.48. The second-order valence-corrected chi connectivity index (χ2v) is 9.84. The first kappa shape index (κ1) is 13.0. The van der Waals surface area contributed by atoms with Crippen LogP contribution in [0.5, 0.6) is 0 Å². The van der Waals surface area contributed by atoms with E-state index in [1.807, 2.05) is 0 Å². The number of aryl methyl sites for hydroxylation is 1. The highest BCUT2D eigenvalue weighted by molar-refractivity contribution is 6.83. The van der Waals surface area contributed by atoms with E-state index >= 15 is 0 Å². The highest BCUT2D eigenvalue weighted by Crippen LogP contribution is 2.06. The van der Waals surface area contributed by atoms with Gasteiger partial charge in [-0.3, -0.25) is 0 Å². The van der Waals surface area contributed by atoms with Crippen LogP contribution in [-0.2, 0) is 6.42 Å². The molecular weight excluding hydrogens is 210 g/mol. The van der Waals surface area contributed by atoms with Crippen molar-refractivity contribution >= 4 is 8.07 Å². The Morgan fingerprint density at radius 3 is 2.25 bits per heavy atom. The van der Waals surface area contributed by atoms with Crippen molar-refractivity contribution in [2.45, 2.75) is 32.5 Å².